The van der Waals surface area contributed by atoms with Crippen LogP contribution in [-0.2, 0) is 14.3 Å². The fourth-order valence-electron chi connectivity index (χ4n) is 3.00. The van der Waals surface area contributed by atoms with Crippen LogP contribution >= 0.6 is 0 Å². The molecule has 6 nitrogen and oxygen atoms in total. The lowest BCUT2D eigenvalue weighted by molar-refractivity contribution is -0.131. The maximum absolute atomic E-state index is 12.5. The van der Waals surface area contributed by atoms with E-state index in [0.29, 0.717) is 31.3 Å². The predicted molar refractivity (Wildman–Crippen MR) is 76.5 cm³/mol. The summed E-state index contributed by atoms with van der Waals surface area (Å²) >= 11 is 0. The van der Waals surface area contributed by atoms with Gasteiger partial charge in [-0.15, -0.1) is 0 Å². The van der Waals surface area contributed by atoms with Gasteiger partial charge in [0.1, 0.15) is 19.0 Å². The topological polar surface area (TPSA) is 56.6 Å². The van der Waals surface area contributed by atoms with Gasteiger partial charge in [-0.1, -0.05) is 0 Å². The molecule has 0 N–H and O–H groups in total. The number of aryl methyl sites for hydroxylation is 2. The summed E-state index contributed by atoms with van der Waals surface area (Å²) in [5.41, 5.74) is 2.15. The number of aromatic nitrogens is 2. The maximum atomic E-state index is 12.5. The molecule has 0 radical (unpaired) electrons. The highest BCUT2D eigenvalue weighted by Crippen LogP contribution is 2.25. The van der Waals surface area contributed by atoms with Crippen LogP contribution in [0.15, 0.2) is 17.6 Å². The van der Waals surface area contributed by atoms with Crippen LogP contribution in [0.2, 0.25) is 0 Å². The zero-order valence-electron chi connectivity index (χ0n) is 12.8. The summed E-state index contributed by atoms with van der Waals surface area (Å²) in [7, 11) is 0. The molecular weight excluding hydrogens is 270 g/mol. The number of carbonyl (C=O) groups excluding carboxylic acids is 1. The van der Waals surface area contributed by atoms with Crippen molar-refractivity contribution in [3.63, 3.8) is 0 Å². The van der Waals surface area contributed by atoms with Crippen molar-refractivity contribution in [2.24, 2.45) is 0 Å². The molecule has 1 fully saturated rings. The van der Waals surface area contributed by atoms with Gasteiger partial charge in [0, 0.05) is 18.8 Å². The van der Waals surface area contributed by atoms with Gasteiger partial charge in [0.05, 0.1) is 11.7 Å². The van der Waals surface area contributed by atoms with Gasteiger partial charge in [-0.2, -0.15) is 5.10 Å². The second-order valence-corrected chi connectivity index (χ2v) is 5.65. The Morgan fingerprint density at radius 1 is 1.29 bits per heavy atom. The molecule has 3 heterocycles. The van der Waals surface area contributed by atoms with Crippen LogP contribution in [0, 0.1) is 13.8 Å². The van der Waals surface area contributed by atoms with Crippen LogP contribution in [-0.4, -0.2) is 46.9 Å². The fourth-order valence-corrected chi connectivity index (χ4v) is 3.00. The summed E-state index contributed by atoms with van der Waals surface area (Å²) in [6.45, 7) is 8.16. The lowest BCUT2D eigenvalue weighted by atomic mass is 10.2. The van der Waals surface area contributed by atoms with Crippen molar-refractivity contribution in [2.75, 3.05) is 26.3 Å². The molecule has 3 rings (SSSR count). The molecule has 6 heteroatoms. The molecule has 1 aromatic heterocycles. The molecule has 1 unspecified atom stereocenters. The molecule has 21 heavy (non-hydrogen) atoms. The summed E-state index contributed by atoms with van der Waals surface area (Å²) in [4.78, 5) is 14.3. The van der Waals surface area contributed by atoms with Crippen molar-refractivity contribution in [1.29, 1.82) is 0 Å². The summed E-state index contributed by atoms with van der Waals surface area (Å²) in [5, 5.41) is 4.52. The standard InChI is InChI=1S/C15H21N3O3/c1-10-8-11(2)18(16-10)13-4-5-17(9-13)15(19)14-12(3)20-6-7-21-14/h8,13H,4-7,9H2,1-3H3. The van der Waals surface area contributed by atoms with Crippen molar-refractivity contribution in [2.45, 2.75) is 33.2 Å². The predicted octanol–water partition coefficient (Wildman–Crippen LogP) is 1.55. The van der Waals surface area contributed by atoms with Gasteiger partial charge in [0.15, 0.2) is 0 Å². The number of likely N-dealkylation sites (tertiary alicyclic amines) is 1. The molecule has 0 aliphatic carbocycles. The first-order chi connectivity index (χ1) is 10.1. The molecule has 0 bridgehead atoms. The van der Waals surface area contributed by atoms with Crippen molar-refractivity contribution in [3.05, 3.63) is 29.0 Å². The Kier molecular flexibility index (Phi) is 3.61. The summed E-state index contributed by atoms with van der Waals surface area (Å²) in [5.74, 6) is 0.868. The molecule has 1 atom stereocenters. The molecule has 2 aliphatic rings. The number of allylic oxidation sites excluding steroid dienone is 1. The zero-order valence-corrected chi connectivity index (χ0v) is 12.8. The minimum absolute atomic E-state index is 0.0729. The molecule has 0 spiro atoms. The van der Waals surface area contributed by atoms with Crippen LogP contribution in [0.25, 0.3) is 0 Å². The lowest BCUT2D eigenvalue weighted by Gasteiger charge is -2.23. The highest BCUT2D eigenvalue weighted by Gasteiger charge is 2.32. The highest BCUT2D eigenvalue weighted by atomic mass is 16.6. The van der Waals surface area contributed by atoms with Crippen LogP contribution in [0.5, 0.6) is 0 Å². The number of hydrogen-bond donors (Lipinski definition) is 0. The maximum Gasteiger partial charge on any atom is 0.292 e. The Balaban J connectivity index is 1.72. The van der Waals surface area contributed by atoms with Gasteiger partial charge in [-0.05, 0) is 33.3 Å². The highest BCUT2D eigenvalue weighted by molar-refractivity contribution is 5.92. The van der Waals surface area contributed by atoms with E-state index in [1.807, 2.05) is 16.5 Å². The number of ether oxygens (including phenoxy) is 2. The molecular formula is C15H21N3O3. The quantitative estimate of drug-likeness (QED) is 0.829. The SMILES string of the molecule is CC1=C(C(=O)N2CCC(n3nc(C)cc3C)C2)OCCO1. The summed E-state index contributed by atoms with van der Waals surface area (Å²) in [6.07, 6.45) is 0.918. The molecule has 114 valence electrons. The number of carbonyl (C=O) groups is 1. The van der Waals surface area contributed by atoms with E-state index in [2.05, 4.69) is 18.1 Å². The molecule has 1 aromatic rings. The van der Waals surface area contributed by atoms with Crippen molar-refractivity contribution in [1.82, 2.24) is 14.7 Å². The smallest absolute Gasteiger partial charge is 0.292 e. The lowest BCUT2D eigenvalue weighted by Crippen LogP contribution is -2.33. The monoisotopic (exact) mass is 291 g/mol. The van der Waals surface area contributed by atoms with Gasteiger partial charge in [0.2, 0.25) is 5.76 Å². The first kappa shape index (κ1) is 14.0. The van der Waals surface area contributed by atoms with Gasteiger partial charge in [0.25, 0.3) is 5.91 Å². The van der Waals surface area contributed by atoms with E-state index in [1.165, 1.54) is 0 Å². The van der Waals surface area contributed by atoms with Gasteiger partial charge in [-0.3, -0.25) is 9.48 Å². The van der Waals surface area contributed by atoms with Crippen LogP contribution in [0.1, 0.15) is 30.8 Å². The second-order valence-electron chi connectivity index (χ2n) is 5.65. The molecule has 0 aromatic carbocycles. The normalized spacial score (nSPS) is 22.2. The second kappa shape index (κ2) is 5.42. The third kappa shape index (κ3) is 2.62. The molecule has 0 saturated carbocycles. The van der Waals surface area contributed by atoms with Gasteiger partial charge < -0.3 is 14.4 Å². The Bertz CT molecular complexity index is 591. The van der Waals surface area contributed by atoms with Crippen molar-refractivity contribution >= 4 is 5.91 Å². The average Bonchev–Trinajstić information content (AvgIpc) is 3.05. The Morgan fingerprint density at radius 3 is 2.71 bits per heavy atom. The summed E-state index contributed by atoms with van der Waals surface area (Å²) < 4.78 is 12.9. The van der Waals surface area contributed by atoms with E-state index in [-0.39, 0.29) is 11.9 Å². The average molecular weight is 291 g/mol. The minimum Gasteiger partial charge on any atom is -0.491 e. The van der Waals surface area contributed by atoms with E-state index in [1.54, 1.807) is 6.92 Å². The molecule has 1 amide bonds. The Morgan fingerprint density at radius 2 is 2.05 bits per heavy atom. The van der Waals surface area contributed by atoms with E-state index in [4.69, 9.17) is 9.47 Å². The Labute approximate surface area is 124 Å². The van der Waals surface area contributed by atoms with Crippen LogP contribution in [0.3, 0.4) is 0 Å². The minimum atomic E-state index is -0.0729. The third-order valence-corrected chi connectivity index (χ3v) is 4.00. The fraction of sp³-hybridized carbons (Fsp3) is 0.600. The van der Waals surface area contributed by atoms with Crippen molar-refractivity contribution < 1.29 is 14.3 Å². The van der Waals surface area contributed by atoms with Crippen LogP contribution in [0.4, 0.5) is 0 Å². The van der Waals surface area contributed by atoms with Crippen LogP contribution < -0.4 is 0 Å². The van der Waals surface area contributed by atoms with E-state index in [0.717, 1.165) is 24.4 Å². The van der Waals surface area contributed by atoms with E-state index < -0.39 is 0 Å². The molecule has 1 saturated heterocycles. The van der Waals surface area contributed by atoms with Crippen molar-refractivity contribution in [3.8, 4) is 0 Å². The third-order valence-electron chi connectivity index (χ3n) is 4.00. The van der Waals surface area contributed by atoms with Gasteiger partial charge in [-0.25, -0.2) is 0 Å². The summed E-state index contributed by atoms with van der Waals surface area (Å²) in [6, 6.07) is 2.31. The number of hydrogen-bond acceptors (Lipinski definition) is 4. The number of amides is 1. The Hall–Kier alpha value is -1.98. The van der Waals surface area contributed by atoms with E-state index >= 15 is 0 Å². The first-order valence-electron chi connectivity index (χ1n) is 7.35. The number of rotatable bonds is 2. The zero-order chi connectivity index (χ0) is 15.0. The number of nitrogens with zero attached hydrogens (tertiary/aromatic N) is 3. The van der Waals surface area contributed by atoms with Gasteiger partial charge >= 0.3 is 0 Å². The van der Waals surface area contributed by atoms with E-state index in [9.17, 15) is 4.79 Å². The largest absolute Gasteiger partial charge is 0.491 e. The first-order valence-corrected chi connectivity index (χ1v) is 7.35. The molecule has 2 aliphatic heterocycles.